The number of hydrazine groups is 1. The Kier molecular flexibility index (Phi) is 7.80. The highest BCUT2D eigenvalue weighted by Gasteiger charge is 2.04. The Hall–Kier alpha value is -1.44. The van der Waals surface area contributed by atoms with E-state index in [2.05, 4.69) is 20.7 Å². The molecule has 0 aliphatic carbocycles. The lowest BCUT2D eigenvalue weighted by atomic mass is 10.3. The molecule has 4 N–H and O–H groups in total. The Balaban J connectivity index is 2.16. The van der Waals surface area contributed by atoms with Crippen LogP contribution in [0.1, 0.15) is 18.4 Å². The van der Waals surface area contributed by atoms with Gasteiger partial charge in [-0.3, -0.25) is 0 Å². The zero-order chi connectivity index (χ0) is 13.9. The van der Waals surface area contributed by atoms with Crippen molar-refractivity contribution in [1.82, 2.24) is 9.97 Å². The van der Waals surface area contributed by atoms with Crippen molar-refractivity contribution in [3.05, 3.63) is 11.9 Å². The molecule has 19 heavy (non-hydrogen) atoms. The normalized spacial score (nSPS) is 10.5. The van der Waals surface area contributed by atoms with Crippen LogP contribution in [0.25, 0.3) is 0 Å². The molecule has 0 spiro atoms. The van der Waals surface area contributed by atoms with E-state index >= 15 is 0 Å². The SMILES string of the molecule is COCCOCCCCNc1ncnc(NN)c1C. The van der Waals surface area contributed by atoms with Crippen molar-refractivity contribution in [1.29, 1.82) is 0 Å². The van der Waals surface area contributed by atoms with Crippen LogP contribution in [0.2, 0.25) is 0 Å². The van der Waals surface area contributed by atoms with Crippen LogP contribution >= 0.6 is 0 Å². The second-order valence-corrected chi connectivity index (χ2v) is 4.08. The summed E-state index contributed by atoms with van der Waals surface area (Å²) in [5.74, 6) is 6.81. The number of ether oxygens (including phenoxy) is 2. The van der Waals surface area contributed by atoms with Gasteiger partial charge in [0.25, 0.3) is 0 Å². The third-order valence-electron chi connectivity index (χ3n) is 2.66. The van der Waals surface area contributed by atoms with Gasteiger partial charge in [0.15, 0.2) is 0 Å². The molecule has 0 aromatic carbocycles. The van der Waals surface area contributed by atoms with E-state index in [9.17, 15) is 0 Å². The second-order valence-electron chi connectivity index (χ2n) is 4.08. The number of rotatable bonds is 10. The molecular weight excluding hydrogens is 246 g/mol. The van der Waals surface area contributed by atoms with E-state index in [4.69, 9.17) is 15.3 Å². The van der Waals surface area contributed by atoms with E-state index in [0.29, 0.717) is 19.0 Å². The Morgan fingerprint density at radius 3 is 2.68 bits per heavy atom. The van der Waals surface area contributed by atoms with Gasteiger partial charge in [-0.05, 0) is 19.8 Å². The molecule has 1 heterocycles. The summed E-state index contributed by atoms with van der Waals surface area (Å²) in [4.78, 5) is 8.20. The predicted molar refractivity (Wildman–Crippen MR) is 75.0 cm³/mol. The lowest BCUT2D eigenvalue weighted by Crippen LogP contribution is -2.13. The first kappa shape index (κ1) is 15.6. The van der Waals surface area contributed by atoms with E-state index in [1.165, 1.54) is 6.33 Å². The molecule has 0 radical (unpaired) electrons. The summed E-state index contributed by atoms with van der Waals surface area (Å²) >= 11 is 0. The molecule has 7 heteroatoms. The van der Waals surface area contributed by atoms with Crippen LogP contribution in [0.4, 0.5) is 11.6 Å². The summed E-state index contributed by atoms with van der Waals surface area (Å²) in [6.45, 7) is 4.82. The van der Waals surface area contributed by atoms with Crippen LogP contribution in [-0.2, 0) is 9.47 Å². The topological polar surface area (TPSA) is 94.3 Å². The molecule has 0 aliphatic rings. The molecular formula is C12H23N5O2. The number of hydrogen-bond acceptors (Lipinski definition) is 7. The van der Waals surface area contributed by atoms with Crippen molar-refractivity contribution in [3.8, 4) is 0 Å². The maximum atomic E-state index is 5.38. The van der Waals surface area contributed by atoms with Crippen LogP contribution in [-0.4, -0.2) is 43.4 Å². The zero-order valence-corrected chi connectivity index (χ0v) is 11.6. The molecule has 1 rings (SSSR count). The first-order chi connectivity index (χ1) is 9.29. The minimum Gasteiger partial charge on any atom is -0.382 e. The first-order valence-electron chi connectivity index (χ1n) is 6.38. The number of hydrogen-bond donors (Lipinski definition) is 3. The zero-order valence-electron chi connectivity index (χ0n) is 11.6. The number of nitrogens with two attached hydrogens (primary N) is 1. The molecule has 0 aliphatic heterocycles. The standard InChI is InChI=1S/C12H23N5O2/c1-10-11(15-9-16-12(10)17-13)14-5-3-4-6-19-8-7-18-2/h9H,3-8,13H2,1-2H3,(H2,14,15,16,17). The minimum atomic E-state index is 0.639. The molecule has 108 valence electrons. The van der Waals surface area contributed by atoms with Crippen molar-refractivity contribution < 1.29 is 9.47 Å². The van der Waals surface area contributed by atoms with Crippen LogP contribution in [0, 0.1) is 6.92 Å². The van der Waals surface area contributed by atoms with Gasteiger partial charge in [-0.25, -0.2) is 15.8 Å². The van der Waals surface area contributed by atoms with Gasteiger partial charge in [-0.2, -0.15) is 0 Å². The van der Waals surface area contributed by atoms with Crippen molar-refractivity contribution in [2.75, 3.05) is 44.2 Å². The van der Waals surface area contributed by atoms with Gasteiger partial charge in [0.05, 0.1) is 13.2 Å². The van der Waals surface area contributed by atoms with E-state index in [1.54, 1.807) is 7.11 Å². The highest BCUT2D eigenvalue weighted by atomic mass is 16.5. The Labute approximate surface area is 113 Å². The molecule has 0 saturated carbocycles. The summed E-state index contributed by atoms with van der Waals surface area (Å²) in [7, 11) is 1.67. The fourth-order valence-electron chi connectivity index (χ4n) is 1.55. The summed E-state index contributed by atoms with van der Waals surface area (Å²) in [5.41, 5.74) is 3.46. The maximum Gasteiger partial charge on any atom is 0.148 e. The molecule has 0 saturated heterocycles. The average molecular weight is 269 g/mol. The average Bonchev–Trinajstić information content (AvgIpc) is 2.43. The Morgan fingerprint density at radius 2 is 1.95 bits per heavy atom. The maximum absolute atomic E-state index is 5.38. The fourth-order valence-corrected chi connectivity index (χ4v) is 1.55. The van der Waals surface area contributed by atoms with Gasteiger partial charge >= 0.3 is 0 Å². The third-order valence-corrected chi connectivity index (χ3v) is 2.66. The number of aromatic nitrogens is 2. The molecule has 0 atom stereocenters. The summed E-state index contributed by atoms with van der Waals surface area (Å²) < 4.78 is 10.3. The molecule has 0 fully saturated rings. The molecule has 0 bridgehead atoms. The third kappa shape index (κ3) is 5.82. The Bertz CT molecular complexity index is 362. The van der Waals surface area contributed by atoms with Crippen LogP contribution < -0.4 is 16.6 Å². The lowest BCUT2D eigenvalue weighted by Gasteiger charge is -2.10. The van der Waals surface area contributed by atoms with E-state index < -0.39 is 0 Å². The van der Waals surface area contributed by atoms with Crippen LogP contribution in [0.5, 0.6) is 0 Å². The molecule has 0 unspecified atom stereocenters. The smallest absolute Gasteiger partial charge is 0.148 e. The Morgan fingerprint density at radius 1 is 1.16 bits per heavy atom. The second kappa shape index (κ2) is 9.48. The largest absolute Gasteiger partial charge is 0.382 e. The van der Waals surface area contributed by atoms with Gasteiger partial charge in [-0.1, -0.05) is 0 Å². The predicted octanol–water partition coefficient (Wildman–Crippen LogP) is 0.926. The molecule has 0 amide bonds. The van der Waals surface area contributed by atoms with E-state index in [0.717, 1.165) is 37.4 Å². The van der Waals surface area contributed by atoms with Crippen molar-refractivity contribution in [2.24, 2.45) is 5.84 Å². The van der Waals surface area contributed by atoms with Gasteiger partial charge in [0.2, 0.25) is 0 Å². The number of nitrogens with one attached hydrogen (secondary N) is 2. The summed E-state index contributed by atoms with van der Waals surface area (Å²) in [6, 6.07) is 0. The monoisotopic (exact) mass is 269 g/mol. The highest BCUT2D eigenvalue weighted by Crippen LogP contribution is 2.16. The van der Waals surface area contributed by atoms with Crippen LogP contribution in [0.15, 0.2) is 6.33 Å². The van der Waals surface area contributed by atoms with Crippen molar-refractivity contribution in [3.63, 3.8) is 0 Å². The number of unbranched alkanes of at least 4 members (excludes halogenated alkanes) is 1. The van der Waals surface area contributed by atoms with Gasteiger partial charge < -0.3 is 20.2 Å². The van der Waals surface area contributed by atoms with Gasteiger partial charge in [0.1, 0.15) is 18.0 Å². The first-order valence-corrected chi connectivity index (χ1v) is 6.38. The van der Waals surface area contributed by atoms with Gasteiger partial charge in [0, 0.05) is 25.8 Å². The lowest BCUT2D eigenvalue weighted by molar-refractivity contribution is 0.0691. The van der Waals surface area contributed by atoms with E-state index in [-0.39, 0.29) is 0 Å². The quantitative estimate of drug-likeness (QED) is 0.330. The van der Waals surface area contributed by atoms with E-state index in [1.807, 2.05) is 6.92 Å². The summed E-state index contributed by atoms with van der Waals surface area (Å²) in [6.07, 6.45) is 3.50. The number of nitrogens with zero attached hydrogens (tertiary/aromatic N) is 2. The fraction of sp³-hybridized carbons (Fsp3) is 0.667. The highest BCUT2D eigenvalue weighted by molar-refractivity contribution is 5.55. The number of anilines is 2. The number of nitrogen functional groups attached to an aromatic ring is 1. The van der Waals surface area contributed by atoms with Crippen molar-refractivity contribution in [2.45, 2.75) is 19.8 Å². The summed E-state index contributed by atoms with van der Waals surface area (Å²) in [5, 5.41) is 3.26. The minimum absolute atomic E-state index is 0.639. The van der Waals surface area contributed by atoms with Crippen LogP contribution in [0.3, 0.4) is 0 Å². The molecule has 1 aromatic heterocycles. The number of methoxy groups -OCH3 is 1. The molecule has 1 aromatic rings. The molecule has 7 nitrogen and oxygen atoms in total. The van der Waals surface area contributed by atoms with Crippen molar-refractivity contribution >= 4 is 11.6 Å². The van der Waals surface area contributed by atoms with Gasteiger partial charge in [-0.15, -0.1) is 0 Å².